The highest BCUT2D eigenvalue weighted by Crippen LogP contribution is 2.22. The van der Waals surface area contributed by atoms with Gasteiger partial charge in [0.1, 0.15) is 11.5 Å². The summed E-state index contributed by atoms with van der Waals surface area (Å²) in [5, 5.41) is 2.43. The van der Waals surface area contributed by atoms with Crippen LogP contribution in [0.15, 0.2) is 66.7 Å². The molecular formula is C19H18O2. The predicted molar refractivity (Wildman–Crippen MR) is 85.9 cm³/mol. The van der Waals surface area contributed by atoms with Crippen LogP contribution in [0, 0.1) is 0 Å². The highest BCUT2D eigenvalue weighted by atomic mass is 16.7. The molecule has 2 nitrogen and oxygen atoms in total. The minimum Gasteiger partial charge on any atom is -0.458 e. The van der Waals surface area contributed by atoms with Crippen LogP contribution in [0.25, 0.3) is 10.8 Å². The number of para-hydroxylation sites is 1. The van der Waals surface area contributed by atoms with Crippen LogP contribution in [0.4, 0.5) is 0 Å². The Bertz CT molecular complexity index is 720. The zero-order valence-corrected chi connectivity index (χ0v) is 12.1. The average Bonchev–Trinajstić information content (AvgIpc) is 2.55. The van der Waals surface area contributed by atoms with Gasteiger partial charge in [-0.3, -0.25) is 0 Å². The van der Waals surface area contributed by atoms with Gasteiger partial charge < -0.3 is 9.47 Å². The van der Waals surface area contributed by atoms with Gasteiger partial charge in [0, 0.05) is 0 Å². The second-order valence-corrected chi connectivity index (χ2v) is 4.92. The molecule has 0 fully saturated rings. The first-order chi connectivity index (χ1) is 10.3. The summed E-state index contributed by atoms with van der Waals surface area (Å²) < 4.78 is 11.2. The maximum Gasteiger partial charge on any atom is 0.230 e. The fourth-order valence-electron chi connectivity index (χ4n) is 2.27. The summed E-state index contributed by atoms with van der Waals surface area (Å²) in [6.45, 7) is 2.38. The monoisotopic (exact) mass is 278 g/mol. The van der Waals surface area contributed by atoms with Gasteiger partial charge in [0.25, 0.3) is 0 Å². The van der Waals surface area contributed by atoms with Crippen LogP contribution in [0.1, 0.15) is 12.5 Å². The normalized spacial score (nSPS) is 10.5. The van der Waals surface area contributed by atoms with Gasteiger partial charge in [0.2, 0.25) is 6.79 Å². The lowest BCUT2D eigenvalue weighted by molar-refractivity contribution is 0.120. The van der Waals surface area contributed by atoms with E-state index in [2.05, 4.69) is 31.2 Å². The molecule has 0 atom stereocenters. The molecular weight excluding hydrogens is 260 g/mol. The van der Waals surface area contributed by atoms with E-state index in [4.69, 9.17) is 9.47 Å². The van der Waals surface area contributed by atoms with Crippen molar-refractivity contribution in [2.24, 2.45) is 0 Å². The van der Waals surface area contributed by atoms with Crippen LogP contribution < -0.4 is 9.47 Å². The van der Waals surface area contributed by atoms with Gasteiger partial charge in [-0.05, 0) is 47.0 Å². The van der Waals surface area contributed by atoms with Gasteiger partial charge in [-0.2, -0.15) is 0 Å². The molecule has 2 heteroatoms. The largest absolute Gasteiger partial charge is 0.458 e. The van der Waals surface area contributed by atoms with Crippen molar-refractivity contribution in [1.82, 2.24) is 0 Å². The van der Waals surface area contributed by atoms with E-state index in [9.17, 15) is 0 Å². The zero-order chi connectivity index (χ0) is 14.5. The van der Waals surface area contributed by atoms with E-state index >= 15 is 0 Å². The Labute approximate surface area is 124 Å². The number of aryl methyl sites for hydroxylation is 1. The third kappa shape index (κ3) is 3.34. The molecule has 0 heterocycles. The Hall–Kier alpha value is -2.48. The summed E-state index contributed by atoms with van der Waals surface area (Å²) in [7, 11) is 0. The number of ether oxygens (including phenoxy) is 2. The highest BCUT2D eigenvalue weighted by molar-refractivity contribution is 5.84. The third-order valence-corrected chi connectivity index (χ3v) is 3.48. The second-order valence-electron chi connectivity index (χ2n) is 4.92. The number of rotatable bonds is 5. The van der Waals surface area contributed by atoms with Crippen molar-refractivity contribution in [2.75, 3.05) is 6.79 Å². The summed E-state index contributed by atoms with van der Waals surface area (Å²) in [6, 6.07) is 22.3. The van der Waals surface area contributed by atoms with E-state index in [1.807, 2.05) is 42.5 Å². The van der Waals surface area contributed by atoms with Gasteiger partial charge in [0.15, 0.2) is 0 Å². The summed E-state index contributed by atoms with van der Waals surface area (Å²) in [6.07, 6.45) is 1.05. The van der Waals surface area contributed by atoms with Crippen molar-refractivity contribution in [1.29, 1.82) is 0 Å². The van der Waals surface area contributed by atoms with E-state index in [-0.39, 0.29) is 6.79 Å². The average molecular weight is 278 g/mol. The lowest BCUT2D eigenvalue weighted by atomic mass is 10.1. The van der Waals surface area contributed by atoms with E-state index in [0.717, 1.165) is 17.9 Å². The van der Waals surface area contributed by atoms with Gasteiger partial charge in [0.05, 0.1) is 0 Å². The molecule has 0 aromatic heterocycles. The molecule has 0 saturated heterocycles. The maximum atomic E-state index is 5.65. The zero-order valence-electron chi connectivity index (χ0n) is 12.1. The van der Waals surface area contributed by atoms with Crippen molar-refractivity contribution >= 4 is 10.8 Å². The molecule has 0 unspecified atom stereocenters. The lowest BCUT2D eigenvalue weighted by Crippen LogP contribution is -2.05. The van der Waals surface area contributed by atoms with Crippen molar-refractivity contribution in [3.8, 4) is 11.5 Å². The van der Waals surface area contributed by atoms with E-state index in [1.54, 1.807) is 0 Å². The molecule has 3 aromatic carbocycles. The molecule has 0 N–H and O–H groups in total. The fraction of sp³-hybridized carbons (Fsp3) is 0.158. The van der Waals surface area contributed by atoms with Crippen molar-refractivity contribution < 1.29 is 9.47 Å². The van der Waals surface area contributed by atoms with E-state index < -0.39 is 0 Å². The van der Waals surface area contributed by atoms with E-state index in [0.29, 0.717) is 0 Å². The molecule has 0 aliphatic carbocycles. The van der Waals surface area contributed by atoms with Crippen LogP contribution in [-0.2, 0) is 6.42 Å². The smallest absolute Gasteiger partial charge is 0.230 e. The fourth-order valence-corrected chi connectivity index (χ4v) is 2.27. The molecule has 3 aromatic rings. The van der Waals surface area contributed by atoms with Gasteiger partial charge >= 0.3 is 0 Å². The highest BCUT2D eigenvalue weighted by Gasteiger charge is 1.99. The van der Waals surface area contributed by atoms with Crippen LogP contribution in [0.5, 0.6) is 11.5 Å². The molecule has 106 valence electrons. The van der Waals surface area contributed by atoms with Crippen LogP contribution >= 0.6 is 0 Å². The Balaban J connectivity index is 1.67. The van der Waals surface area contributed by atoms with Crippen molar-refractivity contribution in [3.63, 3.8) is 0 Å². The molecule has 3 rings (SSSR count). The quantitative estimate of drug-likeness (QED) is 0.623. The van der Waals surface area contributed by atoms with E-state index in [1.165, 1.54) is 16.3 Å². The number of fused-ring (bicyclic) bond motifs is 1. The maximum absolute atomic E-state index is 5.65. The SMILES string of the molecule is CCc1ccc2cc(OCOc3ccccc3)ccc2c1. The number of hydrogen-bond donors (Lipinski definition) is 0. The Morgan fingerprint density at radius 2 is 1.43 bits per heavy atom. The summed E-state index contributed by atoms with van der Waals surface area (Å²) in [5.41, 5.74) is 1.35. The minimum atomic E-state index is 0.211. The Kier molecular flexibility index (Phi) is 4.06. The van der Waals surface area contributed by atoms with Crippen LogP contribution in [-0.4, -0.2) is 6.79 Å². The Morgan fingerprint density at radius 3 is 2.24 bits per heavy atom. The van der Waals surface area contributed by atoms with Gasteiger partial charge in [-0.25, -0.2) is 0 Å². The summed E-state index contributed by atoms with van der Waals surface area (Å²) in [5.74, 6) is 1.63. The second kappa shape index (κ2) is 6.31. The van der Waals surface area contributed by atoms with Gasteiger partial charge in [-0.1, -0.05) is 49.4 Å². The first-order valence-corrected chi connectivity index (χ1v) is 7.18. The molecule has 0 aliphatic rings. The molecule has 0 spiro atoms. The molecule has 0 amide bonds. The third-order valence-electron chi connectivity index (χ3n) is 3.48. The first kappa shape index (κ1) is 13.5. The number of benzene rings is 3. The molecule has 0 radical (unpaired) electrons. The van der Waals surface area contributed by atoms with Crippen LogP contribution in [0.3, 0.4) is 0 Å². The molecule has 0 saturated carbocycles. The molecule has 0 aliphatic heterocycles. The lowest BCUT2D eigenvalue weighted by Gasteiger charge is -2.09. The first-order valence-electron chi connectivity index (χ1n) is 7.18. The van der Waals surface area contributed by atoms with Crippen LogP contribution in [0.2, 0.25) is 0 Å². The summed E-state index contributed by atoms with van der Waals surface area (Å²) >= 11 is 0. The topological polar surface area (TPSA) is 18.5 Å². The van der Waals surface area contributed by atoms with Crippen molar-refractivity contribution in [2.45, 2.75) is 13.3 Å². The standard InChI is InChI=1S/C19H18O2/c1-2-15-8-9-17-13-19(11-10-16(17)12-15)21-14-20-18-6-4-3-5-7-18/h3-13H,2,14H2,1H3. The van der Waals surface area contributed by atoms with Crippen molar-refractivity contribution in [3.05, 3.63) is 72.3 Å². The van der Waals surface area contributed by atoms with Gasteiger partial charge in [-0.15, -0.1) is 0 Å². The summed E-state index contributed by atoms with van der Waals surface area (Å²) in [4.78, 5) is 0. The molecule has 0 bridgehead atoms. The number of hydrogen-bond acceptors (Lipinski definition) is 2. The Morgan fingerprint density at radius 1 is 0.714 bits per heavy atom. The minimum absolute atomic E-state index is 0.211. The predicted octanol–water partition coefficient (Wildman–Crippen LogP) is 4.82. The molecule has 21 heavy (non-hydrogen) atoms.